The van der Waals surface area contributed by atoms with E-state index in [-0.39, 0.29) is 17.7 Å². The Hall–Kier alpha value is -0.570. The van der Waals surface area contributed by atoms with Gasteiger partial charge in [0.1, 0.15) is 0 Å². The third-order valence-electron chi connectivity index (χ3n) is 6.01. The number of nitrogens with zero attached hydrogens (tertiary/aromatic N) is 1. The van der Waals surface area contributed by atoms with Gasteiger partial charge in [0.05, 0.1) is 2.74 Å². The molecule has 0 aromatic rings. The van der Waals surface area contributed by atoms with Crippen LogP contribution in [0.25, 0.3) is 0 Å². The van der Waals surface area contributed by atoms with Gasteiger partial charge in [0, 0.05) is 32.2 Å². The lowest BCUT2D eigenvalue weighted by atomic mass is 9.76. The van der Waals surface area contributed by atoms with Crippen LogP contribution in [-0.2, 0) is 9.53 Å². The molecule has 1 amide bonds. The number of amides is 1. The second-order valence-electron chi connectivity index (χ2n) is 8.53. The maximum atomic E-state index is 12.1. The van der Waals surface area contributed by atoms with Gasteiger partial charge in [-0.25, -0.2) is 0 Å². The minimum Gasteiger partial charge on any atom is -0.381 e. The quantitative estimate of drug-likeness (QED) is 0.670. The second-order valence-corrected chi connectivity index (χ2v) is 8.53. The van der Waals surface area contributed by atoms with Gasteiger partial charge in [-0.05, 0) is 55.8 Å². The molecule has 0 aromatic carbocycles. The molecule has 0 N–H and O–H groups in total. The first-order valence-corrected chi connectivity index (χ1v) is 10.1. The van der Waals surface area contributed by atoms with Crippen LogP contribution in [0.2, 0.25) is 0 Å². The Labute approximate surface area is 152 Å². The van der Waals surface area contributed by atoms with Gasteiger partial charge in [-0.1, -0.05) is 40.5 Å². The molecule has 24 heavy (non-hydrogen) atoms. The summed E-state index contributed by atoms with van der Waals surface area (Å²) in [6.45, 7) is 8.76. The normalized spacial score (nSPS) is 28.2. The first kappa shape index (κ1) is 16.9. The predicted molar refractivity (Wildman–Crippen MR) is 99.9 cm³/mol. The molecule has 140 valence electrons. The number of hydrogen-bond donors (Lipinski definition) is 0. The fourth-order valence-electron chi connectivity index (χ4n) is 4.13. The third kappa shape index (κ3) is 6.06. The second kappa shape index (κ2) is 9.79. The van der Waals surface area contributed by atoms with Crippen LogP contribution in [0.15, 0.2) is 0 Å². The maximum Gasteiger partial charge on any atom is 0.225 e. The van der Waals surface area contributed by atoms with E-state index in [0.29, 0.717) is 38.5 Å². The number of rotatable bonds is 7. The topological polar surface area (TPSA) is 29.5 Å². The van der Waals surface area contributed by atoms with Gasteiger partial charge in [-0.15, -0.1) is 0 Å². The van der Waals surface area contributed by atoms with Crippen molar-refractivity contribution in [2.45, 2.75) is 72.6 Å². The Morgan fingerprint density at radius 2 is 1.67 bits per heavy atom. The molecule has 0 atom stereocenters. The van der Waals surface area contributed by atoms with Crippen LogP contribution in [0.3, 0.4) is 0 Å². The lowest BCUT2D eigenvalue weighted by Gasteiger charge is -2.33. The van der Waals surface area contributed by atoms with E-state index in [1.54, 1.807) is 0 Å². The molecular formula is C21H39NO2. The van der Waals surface area contributed by atoms with Gasteiger partial charge in [0.2, 0.25) is 5.91 Å². The Kier molecular flexibility index (Phi) is 6.89. The standard InChI is InChI=1S/C21H39NO2/c1-16(2)20-7-5-18(6-8-20)11-14-24-15-19-9-12-22(13-10-19)21(23)17(3)4/h16-20H,5-15H2,1-4H3/i15D2. The van der Waals surface area contributed by atoms with Gasteiger partial charge in [0.15, 0.2) is 0 Å². The summed E-state index contributed by atoms with van der Waals surface area (Å²) in [5.74, 6) is 2.46. The first-order valence-electron chi connectivity index (χ1n) is 11.1. The Morgan fingerprint density at radius 1 is 1.04 bits per heavy atom. The highest BCUT2D eigenvalue weighted by atomic mass is 16.5. The minimum atomic E-state index is -1.57. The van der Waals surface area contributed by atoms with Crippen LogP contribution in [0.5, 0.6) is 0 Å². The van der Waals surface area contributed by atoms with Crippen LogP contribution in [0.4, 0.5) is 0 Å². The molecule has 1 saturated carbocycles. The summed E-state index contributed by atoms with van der Waals surface area (Å²) in [5, 5.41) is 0. The molecule has 0 aromatic heterocycles. The van der Waals surface area contributed by atoms with Crippen LogP contribution in [-0.4, -0.2) is 37.1 Å². The largest absolute Gasteiger partial charge is 0.381 e. The average Bonchev–Trinajstić information content (AvgIpc) is 2.61. The van der Waals surface area contributed by atoms with Gasteiger partial charge in [-0.3, -0.25) is 4.79 Å². The van der Waals surface area contributed by atoms with E-state index in [1.807, 2.05) is 18.7 Å². The SMILES string of the molecule is [2H]C([2H])(OCCC1CCC(C(C)C)CC1)C1CCN(C(=O)C(C)C)CC1. The van der Waals surface area contributed by atoms with Gasteiger partial charge in [-0.2, -0.15) is 0 Å². The van der Waals surface area contributed by atoms with Crippen LogP contribution in [0.1, 0.15) is 75.4 Å². The highest BCUT2D eigenvalue weighted by Gasteiger charge is 2.25. The van der Waals surface area contributed by atoms with E-state index in [1.165, 1.54) is 25.7 Å². The van der Waals surface area contributed by atoms with Crippen molar-refractivity contribution in [1.29, 1.82) is 0 Å². The Balaban J connectivity index is 1.68. The van der Waals surface area contributed by atoms with Crippen molar-refractivity contribution in [1.82, 2.24) is 4.90 Å². The molecule has 3 nitrogen and oxygen atoms in total. The zero-order valence-electron chi connectivity index (χ0n) is 18.2. The molecule has 0 spiro atoms. The number of carbonyl (C=O) groups is 1. The monoisotopic (exact) mass is 339 g/mol. The molecule has 1 aliphatic carbocycles. The first-order chi connectivity index (χ1) is 12.2. The maximum absolute atomic E-state index is 12.1. The van der Waals surface area contributed by atoms with Crippen molar-refractivity contribution in [3.8, 4) is 0 Å². The van der Waals surface area contributed by atoms with E-state index < -0.39 is 6.56 Å². The molecule has 1 heterocycles. The Morgan fingerprint density at radius 3 is 2.21 bits per heavy atom. The molecular weight excluding hydrogens is 298 g/mol. The summed E-state index contributed by atoms with van der Waals surface area (Å²) < 4.78 is 22.4. The van der Waals surface area contributed by atoms with Crippen LogP contribution < -0.4 is 0 Å². The highest BCUT2D eigenvalue weighted by Crippen LogP contribution is 2.34. The average molecular weight is 340 g/mol. The fourth-order valence-corrected chi connectivity index (χ4v) is 4.13. The van der Waals surface area contributed by atoms with Crippen molar-refractivity contribution in [2.75, 3.05) is 26.3 Å². The molecule has 0 radical (unpaired) electrons. The molecule has 3 heteroatoms. The summed E-state index contributed by atoms with van der Waals surface area (Å²) in [5.41, 5.74) is 0. The van der Waals surface area contributed by atoms with Crippen molar-refractivity contribution in [3.05, 3.63) is 0 Å². The molecule has 1 aliphatic heterocycles. The number of ether oxygens (including phenoxy) is 1. The predicted octanol–water partition coefficient (Wildman–Crippen LogP) is 4.75. The molecule has 2 fully saturated rings. The molecule has 0 unspecified atom stereocenters. The summed E-state index contributed by atoms with van der Waals surface area (Å²) >= 11 is 0. The zero-order valence-corrected chi connectivity index (χ0v) is 16.2. The number of likely N-dealkylation sites (tertiary alicyclic amines) is 1. The zero-order chi connectivity index (χ0) is 19.3. The van der Waals surface area contributed by atoms with E-state index >= 15 is 0 Å². The summed E-state index contributed by atoms with van der Waals surface area (Å²) in [7, 11) is 0. The van der Waals surface area contributed by atoms with Crippen molar-refractivity contribution >= 4 is 5.91 Å². The number of piperidine rings is 1. The summed E-state index contributed by atoms with van der Waals surface area (Å²) in [6.07, 6.45) is 7.55. The number of carbonyl (C=O) groups excluding carboxylic acids is 1. The van der Waals surface area contributed by atoms with Crippen molar-refractivity contribution in [2.24, 2.45) is 29.6 Å². The lowest BCUT2D eigenvalue weighted by molar-refractivity contribution is -0.136. The Bertz CT molecular complexity index is 437. The van der Waals surface area contributed by atoms with Gasteiger partial charge < -0.3 is 9.64 Å². The van der Waals surface area contributed by atoms with Crippen LogP contribution >= 0.6 is 0 Å². The van der Waals surface area contributed by atoms with Crippen molar-refractivity contribution < 1.29 is 12.3 Å². The van der Waals surface area contributed by atoms with Gasteiger partial charge >= 0.3 is 0 Å². The lowest BCUT2D eigenvalue weighted by Crippen LogP contribution is -2.41. The van der Waals surface area contributed by atoms with E-state index in [0.717, 1.165) is 18.3 Å². The van der Waals surface area contributed by atoms with E-state index in [4.69, 9.17) is 7.48 Å². The van der Waals surface area contributed by atoms with E-state index in [2.05, 4.69) is 13.8 Å². The van der Waals surface area contributed by atoms with E-state index in [9.17, 15) is 4.79 Å². The van der Waals surface area contributed by atoms with Crippen LogP contribution in [0, 0.1) is 29.6 Å². The highest BCUT2D eigenvalue weighted by molar-refractivity contribution is 5.78. The number of hydrogen-bond acceptors (Lipinski definition) is 2. The minimum absolute atomic E-state index is 0.0188. The van der Waals surface area contributed by atoms with Crippen molar-refractivity contribution in [3.63, 3.8) is 0 Å². The summed E-state index contributed by atoms with van der Waals surface area (Å²) in [4.78, 5) is 13.9. The van der Waals surface area contributed by atoms with Gasteiger partial charge in [0.25, 0.3) is 0 Å². The molecule has 1 saturated heterocycles. The molecule has 2 rings (SSSR count). The fraction of sp³-hybridized carbons (Fsp3) is 0.952. The molecule has 2 aliphatic rings. The summed E-state index contributed by atoms with van der Waals surface area (Å²) in [6, 6.07) is 0. The smallest absolute Gasteiger partial charge is 0.225 e. The molecule has 0 bridgehead atoms. The third-order valence-corrected chi connectivity index (χ3v) is 6.01.